The number of phenols is 1. The third kappa shape index (κ3) is 5.85. The second kappa shape index (κ2) is 11.4. The van der Waals surface area contributed by atoms with E-state index in [9.17, 15) is 19.8 Å². The second-order valence-electron chi connectivity index (χ2n) is 9.30. The predicted molar refractivity (Wildman–Crippen MR) is 136 cm³/mol. The van der Waals surface area contributed by atoms with Crippen LogP contribution < -0.4 is 4.74 Å². The highest BCUT2D eigenvalue weighted by Gasteiger charge is 2.46. The fourth-order valence-electron chi connectivity index (χ4n) is 4.27. The zero-order valence-corrected chi connectivity index (χ0v) is 21.2. The Morgan fingerprint density at radius 1 is 1.09 bits per heavy atom. The monoisotopic (exact) mass is 480 g/mol. The molecule has 35 heavy (non-hydrogen) atoms. The molecule has 3 rings (SSSR count). The fourth-order valence-corrected chi connectivity index (χ4v) is 4.27. The van der Waals surface area contributed by atoms with Gasteiger partial charge in [0.2, 0.25) is 0 Å². The smallest absolute Gasteiger partial charge is 0.295 e. The molecular weight excluding hydrogens is 444 g/mol. The molecule has 1 amide bonds. The zero-order valence-electron chi connectivity index (χ0n) is 21.2. The summed E-state index contributed by atoms with van der Waals surface area (Å²) in [5.74, 6) is -0.389. The second-order valence-corrected chi connectivity index (χ2v) is 9.30. The van der Waals surface area contributed by atoms with Gasteiger partial charge in [-0.1, -0.05) is 39.8 Å². The van der Waals surface area contributed by atoms with E-state index in [1.807, 2.05) is 20.8 Å². The van der Waals surface area contributed by atoms with Crippen LogP contribution in [0.15, 0.2) is 48.0 Å². The van der Waals surface area contributed by atoms with Gasteiger partial charge in [0, 0.05) is 18.7 Å². The molecule has 1 fully saturated rings. The van der Waals surface area contributed by atoms with Crippen molar-refractivity contribution in [3.05, 3.63) is 64.7 Å². The van der Waals surface area contributed by atoms with Gasteiger partial charge in [0.1, 0.15) is 17.3 Å². The van der Waals surface area contributed by atoms with Crippen molar-refractivity contribution in [3.63, 3.8) is 0 Å². The van der Waals surface area contributed by atoms with E-state index in [-0.39, 0.29) is 17.1 Å². The molecule has 2 aromatic carbocycles. The molecule has 0 radical (unpaired) electrons. The van der Waals surface area contributed by atoms with Crippen molar-refractivity contribution in [2.75, 3.05) is 32.8 Å². The Labute approximate surface area is 207 Å². The fraction of sp³-hybridized carbons (Fsp3) is 0.429. The van der Waals surface area contributed by atoms with Crippen LogP contribution in [0, 0.1) is 12.8 Å². The van der Waals surface area contributed by atoms with Crippen LogP contribution in [0.3, 0.4) is 0 Å². The lowest BCUT2D eigenvalue weighted by Gasteiger charge is -2.28. The van der Waals surface area contributed by atoms with Gasteiger partial charge in [0.25, 0.3) is 11.7 Å². The van der Waals surface area contributed by atoms with Crippen LogP contribution in [0.1, 0.15) is 50.4 Å². The van der Waals surface area contributed by atoms with E-state index in [0.717, 1.165) is 18.7 Å². The molecule has 1 aliphatic heterocycles. The third-order valence-corrected chi connectivity index (χ3v) is 6.32. The van der Waals surface area contributed by atoms with Crippen molar-refractivity contribution < 1.29 is 24.5 Å². The van der Waals surface area contributed by atoms with E-state index in [0.29, 0.717) is 42.5 Å². The minimum absolute atomic E-state index is 0.0514. The number of likely N-dealkylation sites (N-methyl/N-ethyl adjacent to an activating group) is 1. The largest absolute Gasteiger partial charge is 0.508 e. The molecule has 2 N–H and O–H groups in total. The van der Waals surface area contributed by atoms with Crippen molar-refractivity contribution in [2.45, 2.75) is 40.7 Å². The topological polar surface area (TPSA) is 90.3 Å². The number of aliphatic hydroxyl groups is 1. The Bertz CT molecular complexity index is 1090. The number of aliphatic hydroxyl groups excluding tert-OH is 1. The number of hydrogen-bond donors (Lipinski definition) is 2. The van der Waals surface area contributed by atoms with Crippen LogP contribution in [0.5, 0.6) is 11.5 Å². The number of phenolic OH excluding ortho intramolecular Hbond substituents is 1. The number of ether oxygens (including phenoxy) is 1. The Hall–Kier alpha value is -3.32. The van der Waals surface area contributed by atoms with Gasteiger partial charge >= 0.3 is 0 Å². The normalized spacial score (nSPS) is 17.6. The summed E-state index contributed by atoms with van der Waals surface area (Å²) < 4.78 is 5.84. The Kier molecular flexibility index (Phi) is 8.57. The van der Waals surface area contributed by atoms with Gasteiger partial charge in [-0.2, -0.15) is 0 Å². The van der Waals surface area contributed by atoms with Crippen LogP contribution in [0.4, 0.5) is 0 Å². The Balaban J connectivity index is 2.04. The maximum atomic E-state index is 13.2. The molecule has 0 aromatic heterocycles. The third-order valence-electron chi connectivity index (χ3n) is 6.32. The molecule has 0 spiro atoms. The summed E-state index contributed by atoms with van der Waals surface area (Å²) in [6.45, 7) is 13.3. The van der Waals surface area contributed by atoms with Crippen molar-refractivity contribution in [1.29, 1.82) is 0 Å². The van der Waals surface area contributed by atoms with Gasteiger partial charge in [-0.15, -0.1) is 0 Å². The summed E-state index contributed by atoms with van der Waals surface area (Å²) in [6.07, 6.45) is 0. The molecule has 2 aromatic rings. The number of carbonyl (C=O) groups excluding carboxylic acids is 2. The Morgan fingerprint density at radius 2 is 1.74 bits per heavy atom. The standard InChI is InChI=1S/C28H36N2O5/c1-6-29(7-2)14-15-30-25(20-8-11-22(31)12-9-20)24(27(33)28(30)34)26(32)21-10-13-23(19(5)16-21)35-17-18(3)4/h8-13,16,18,25,31-32H,6-7,14-15,17H2,1-5H3/t25-/m1/s1. The number of amides is 1. The minimum Gasteiger partial charge on any atom is -0.508 e. The predicted octanol–water partition coefficient (Wildman–Crippen LogP) is 4.50. The number of carbonyl (C=O) groups is 2. The molecule has 1 aliphatic rings. The molecule has 188 valence electrons. The van der Waals surface area contributed by atoms with Crippen LogP contribution in [0.25, 0.3) is 5.76 Å². The molecule has 0 aliphatic carbocycles. The summed E-state index contributed by atoms with van der Waals surface area (Å²) in [5.41, 5.74) is 1.98. The quantitative estimate of drug-likeness (QED) is 0.296. The summed E-state index contributed by atoms with van der Waals surface area (Å²) in [6, 6.07) is 10.9. The highest BCUT2D eigenvalue weighted by molar-refractivity contribution is 6.46. The Morgan fingerprint density at radius 3 is 2.31 bits per heavy atom. The van der Waals surface area contributed by atoms with Crippen LogP contribution in [-0.2, 0) is 9.59 Å². The van der Waals surface area contributed by atoms with E-state index in [2.05, 4.69) is 18.7 Å². The van der Waals surface area contributed by atoms with E-state index in [1.54, 1.807) is 30.3 Å². The lowest BCUT2D eigenvalue weighted by atomic mass is 9.94. The summed E-state index contributed by atoms with van der Waals surface area (Å²) in [7, 11) is 0. The molecule has 0 bridgehead atoms. The zero-order chi connectivity index (χ0) is 25.7. The van der Waals surface area contributed by atoms with Gasteiger partial charge in [-0.05, 0) is 67.4 Å². The first-order valence-corrected chi connectivity index (χ1v) is 12.2. The molecule has 1 atom stereocenters. The molecule has 7 nitrogen and oxygen atoms in total. The average molecular weight is 481 g/mol. The SMILES string of the molecule is CCN(CC)CCN1C(=O)C(=O)C(=C(O)c2ccc(OCC(C)C)c(C)c2)[C@H]1c1ccc(O)cc1. The number of nitrogens with zero attached hydrogens (tertiary/aromatic N) is 2. The van der Waals surface area contributed by atoms with Crippen molar-refractivity contribution in [2.24, 2.45) is 5.92 Å². The van der Waals surface area contributed by atoms with E-state index < -0.39 is 17.7 Å². The van der Waals surface area contributed by atoms with Gasteiger partial charge in [-0.25, -0.2) is 0 Å². The number of hydrogen-bond acceptors (Lipinski definition) is 6. The van der Waals surface area contributed by atoms with Gasteiger partial charge in [-0.3, -0.25) is 9.59 Å². The van der Waals surface area contributed by atoms with Crippen molar-refractivity contribution >= 4 is 17.4 Å². The number of rotatable bonds is 10. The van der Waals surface area contributed by atoms with Crippen molar-refractivity contribution in [3.8, 4) is 11.5 Å². The lowest BCUT2D eigenvalue weighted by Crippen LogP contribution is -2.38. The number of Topliss-reactive ketones (excluding diaryl/α,β-unsaturated/α-hetero) is 1. The number of aryl methyl sites for hydroxylation is 1. The highest BCUT2D eigenvalue weighted by Crippen LogP contribution is 2.40. The molecule has 1 saturated heterocycles. The van der Waals surface area contributed by atoms with E-state index in [4.69, 9.17) is 4.74 Å². The molecule has 7 heteroatoms. The molecule has 1 heterocycles. The lowest BCUT2D eigenvalue weighted by molar-refractivity contribution is -0.140. The molecule has 0 unspecified atom stereocenters. The number of aromatic hydroxyl groups is 1. The maximum Gasteiger partial charge on any atom is 0.295 e. The van der Waals surface area contributed by atoms with Gasteiger partial charge in [0.05, 0.1) is 18.2 Å². The van der Waals surface area contributed by atoms with E-state index >= 15 is 0 Å². The first-order valence-electron chi connectivity index (χ1n) is 12.2. The van der Waals surface area contributed by atoms with Crippen molar-refractivity contribution in [1.82, 2.24) is 9.80 Å². The first-order chi connectivity index (χ1) is 16.7. The maximum absolute atomic E-state index is 13.2. The van der Waals surface area contributed by atoms with E-state index in [1.165, 1.54) is 17.0 Å². The van der Waals surface area contributed by atoms with Crippen LogP contribution in [-0.4, -0.2) is 64.5 Å². The van der Waals surface area contributed by atoms with Gasteiger partial charge in [0.15, 0.2) is 0 Å². The summed E-state index contributed by atoms with van der Waals surface area (Å²) in [5, 5.41) is 21.1. The number of likely N-dealkylation sites (tertiary alicyclic amines) is 1. The molecule has 0 saturated carbocycles. The van der Waals surface area contributed by atoms with Crippen LogP contribution >= 0.6 is 0 Å². The highest BCUT2D eigenvalue weighted by atomic mass is 16.5. The van der Waals surface area contributed by atoms with Gasteiger partial charge < -0.3 is 24.7 Å². The number of benzene rings is 2. The number of ketones is 1. The average Bonchev–Trinajstić information content (AvgIpc) is 3.08. The summed E-state index contributed by atoms with van der Waals surface area (Å²) >= 11 is 0. The minimum atomic E-state index is -0.747. The molecular formula is C28H36N2O5. The first kappa shape index (κ1) is 26.3. The van der Waals surface area contributed by atoms with Crippen LogP contribution in [0.2, 0.25) is 0 Å². The summed E-state index contributed by atoms with van der Waals surface area (Å²) in [4.78, 5) is 30.0.